The Morgan fingerprint density at radius 1 is 1.41 bits per heavy atom. The smallest absolute Gasteiger partial charge is 0.228 e. The van der Waals surface area contributed by atoms with E-state index in [4.69, 9.17) is 5.73 Å². The predicted molar refractivity (Wildman–Crippen MR) is 66.7 cm³/mol. The van der Waals surface area contributed by atoms with Crippen LogP contribution < -0.4 is 11.1 Å². The van der Waals surface area contributed by atoms with E-state index in [2.05, 4.69) is 17.4 Å². The zero-order valence-electron chi connectivity index (χ0n) is 9.91. The van der Waals surface area contributed by atoms with Gasteiger partial charge in [0.1, 0.15) is 0 Å². The van der Waals surface area contributed by atoms with Crippen LogP contribution in [0.5, 0.6) is 0 Å². The van der Waals surface area contributed by atoms with Crippen LogP contribution in [0.15, 0.2) is 24.3 Å². The number of hydrogen-bond acceptors (Lipinski definition) is 2. The summed E-state index contributed by atoms with van der Waals surface area (Å²) in [5, 5.41) is 3.16. The van der Waals surface area contributed by atoms with Crippen LogP contribution in [-0.2, 0) is 11.2 Å². The van der Waals surface area contributed by atoms with Gasteiger partial charge in [0.15, 0.2) is 0 Å². The summed E-state index contributed by atoms with van der Waals surface area (Å²) in [4.78, 5) is 12.2. The van der Waals surface area contributed by atoms with E-state index in [0.29, 0.717) is 6.54 Å². The number of carbonyl (C=O) groups excluding carboxylic acids is 1. The minimum Gasteiger partial charge on any atom is -0.349 e. The van der Waals surface area contributed by atoms with Crippen molar-refractivity contribution in [2.24, 2.45) is 5.73 Å². The summed E-state index contributed by atoms with van der Waals surface area (Å²) < 4.78 is 0. The maximum Gasteiger partial charge on any atom is 0.228 e. The summed E-state index contributed by atoms with van der Waals surface area (Å²) in [6.45, 7) is 0.563. The van der Waals surface area contributed by atoms with Crippen LogP contribution >= 0.6 is 0 Å². The van der Waals surface area contributed by atoms with Crippen molar-refractivity contribution in [2.45, 2.75) is 37.1 Å². The molecule has 1 aromatic carbocycles. The lowest BCUT2D eigenvalue weighted by atomic mass is 9.73. The summed E-state index contributed by atoms with van der Waals surface area (Å²) in [6, 6.07) is 8.18. The lowest BCUT2D eigenvalue weighted by Crippen LogP contribution is -2.59. The molecular weight excluding hydrogens is 212 g/mol. The van der Waals surface area contributed by atoms with Crippen LogP contribution in [0.3, 0.4) is 0 Å². The topological polar surface area (TPSA) is 55.1 Å². The van der Waals surface area contributed by atoms with Gasteiger partial charge < -0.3 is 11.1 Å². The molecule has 0 radical (unpaired) electrons. The van der Waals surface area contributed by atoms with Crippen molar-refractivity contribution in [3.63, 3.8) is 0 Å². The molecule has 17 heavy (non-hydrogen) atoms. The van der Waals surface area contributed by atoms with Gasteiger partial charge in [-0.1, -0.05) is 24.3 Å². The zero-order valence-corrected chi connectivity index (χ0v) is 9.91. The second kappa shape index (κ2) is 3.84. The highest BCUT2D eigenvalue weighted by atomic mass is 16.2. The normalized spacial score (nSPS) is 24.2. The molecule has 2 aliphatic carbocycles. The summed E-state index contributed by atoms with van der Waals surface area (Å²) in [5.74, 6) is 0.212. The van der Waals surface area contributed by atoms with Crippen molar-refractivity contribution < 1.29 is 4.79 Å². The van der Waals surface area contributed by atoms with Gasteiger partial charge in [-0.25, -0.2) is 0 Å². The molecular formula is C14H18N2O. The van der Waals surface area contributed by atoms with Crippen LogP contribution in [0.1, 0.15) is 36.3 Å². The van der Waals surface area contributed by atoms with Gasteiger partial charge in [0, 0.05) is 6.54 Å². The molecule has 1 aromatic rings. The van der Waals surface area contributed by atoms with E-state index >= 15 is 0 Å². The van der Waals surface area contributed by atoms with Crippen molar-refractivity contribution in [3.8, 4) is 0 Å². The molecule has 1 saturated carbocycles. The summed E-state index contributed by atoms with van der Waals surface area (Å²) in [5.41, 5.74) is 8.16. The predicted octanol–water partition coefficient (Wildman–Crippen LogP) is 1.32. The highest BCUT2D eigenvalue weighted by Crippen LogP contribution is 2.37. The second-order valence-electron chi connectivity index (χ2n) is 5.28. The maximum atomic E-state index is 12.2. The SMILES string of the molecule is NCC1(NC(=O)C2Cc3ccccc32)CCC1. The van der Waals surface area contributed by atoms with Gasteiger partial charge in [0.2, 0.25) is 5.91 Å². The Morgan fingerprint density at radius 3 is 2.76 bits per heavy atom. The molecule has 3 nitrogen and oxygen atoms in total. The fraction of sp³-hybridized carbons (Fsp3) is 0.500. The van der Waals surface area contributed by atoms with Crippen molar-refractivity contribution in [2.75, 3.05) is 6.54 Å². The third-order valence-electron chi connectivity index (χ3n) is 4.26. The van der Waals surface area contributed by atoms with Crippen molar-refractivity contribution in [3.05, 3.63) is 35.4 Å². The van der Waals surface area contributed by atoms with E-state index in [0.717, 1.165) is 19.3 Å². The van der Waals surface area contributed by atoms with E-state index in [1.54, 1.807) is 0 Å². The molecule has 2 aliphatic rings. The molecule has 90 valence electrons. The van der Waals surface area contributed by atoms with Crippen molar-refractivity contribution in [1.29, 1.82) is 0 Å². The fourth-order valence-electron chi connectivity index (χ4n) is 2.82. The highest BCUT2D eigenvalue weighted by Gasteiger charge is 2.40. The first-order valence-corrected chi connectivity index (χ1v) is 6.34. The average Bonchev–Trinajstić information content (AvgIpc) is 2.25. The standard InChI is InChI=1S/C14H18N2O/c15-9-14(6-3-7-14)16-13(17)12-8-10-4-1-2-5-11(10)12/h1-2,4-5,12H,3,6-9,15H2,(H,16,17). The van der Waals surface area contributed by atoms with E-state index in [-0.39, 0.29) is 17.4 Å². The number of benzene rings is 1. The van der Waals surface area contributed by atoms with Crippen LogP contribution in [0, 0.1) is 0 Å². The molecule has 0 bridgehead atoms. The lowest BCUT2D eigenvalue weighted by molar-refractivity contribution is -0.126. The van der Waals surface area contributed by atoms with Gasteiger partial charge in [0.05, 0.1) is 11.5 Å². The van der Waals surface area contributed by atoms with E-state index in [1.807, 2.05) is 12.1 Å². The van der Waals surface area contributed by atoms with Gasteiger partial charge in [-0.2, -0.15) is 0 Å². The van der Waals surface area contributed by atoms with Crippen LogP contribution in [-0.4, -0.2) is 18.0 Å². The molecule has 0 aliphatic heterocycles. The van der Waals surface area contributed by atoms with Crippen molar-refractivity contribution in [1.82, 2.24) is 5.32 Å². The summed E-state index contributed by atoms with van der Waals surface area (Å²) in [7, 11) is 0. The van der Waals surface area contributed by atoms with Crippen LogP contribution in [0.2, 0.25) is 0 Å². The zero-order chi connectivity index (χ0) is 11.9. The Bertz CT molecular complexity index is 446. The monoisotopic (exact) mass is 230 g/mol. The Kier molecular flexibility index (Phi) is 2.44. The molecule has 3 heteroatoms. The number of carbonyl (C=O) groups is 1. The third-order valence-corrected chi connectivity index (χ3v) is 4.26. The first-order chi connectivity index (χ1) is 8.24. The Labute approximate surface area is 101 Å². The van der Waals surface area contributed by atoms with Crippen molar-refractivity contribution >= 4 is 5.91 Å². The fourth-order valence-corrected chi connectivity index (χ4v) is 2.82. The molecule has 1 fully saturated rings. The number of nitrogens with one attached hydrogen (secondary N) is 1. The molecule has 0 spiro atoms. The first kappa shape index (κ1) is 10.8. The number of amides is 1. The van der Waals surface area contributed by atoms with Crippen LogP contribution in [0.4, 0.5) is 0 Å². The Morgan fingerprint density at radius 2 is 2.18 bits per heavy atom. The second-order valence-corrected chi connectivity index (χ2v) is 5.28. The molecule has 1 unspecified atom stereocenters. The van der Waals surface area contributed by atoms with Gasteiger partial charge in [0.25, 0.3) is 0 Å². The molecule has 1 atom stereocenters. The largest absolute Gasteiger partial charge is 0.349 e. The molecule has 3 N–H and O–H groups in total. The molecule has 1 amide bonds. The molecule has 0 aromatic heterocycles. The minimum absolute atomic E-state index is 0.0511. The van der Waals surface area contributed by atoms with E-state index in [9.17, 15) is 4.79 Å². The van der Waals surface area contributed by atoms with Gasteiger partial charge in [-0.3, -0.25) is 4.79 Å². The van der Waals surface area contributed by atoms with E-state index < -0.39 is 0 Å². The van der Waals surface area contributed by atoms with Gasteiger partial charge in [-0.15, -0.1) is 0 Å². The quantitative estimate of drug-likeness (QED) is 0.823. The highest BCUT2D eigenvalue weighted by molar-refractivity contribution is 5.87. The van der Waals surface area contributed by atoms with Gasteiger partial charge >= 0.3 is 0 Å². The number of rotatable bonds is 3. The average molecular weight is 230 g/mol. The Balaban J connectivity index is 1.69. The van der Waals surface area contributed by atoms with Crippen LogP contribution in [0.25, 0.3) is 0 Å². The molecule has 3 rings (SSSR count). The summed E-state index contributed by atoms with van der Waals surface area (Å²) >= 11 is 0. The van der Waals surface area contributed by atoms with Gasteiger partial charge in [-0.05, 0) is 36.8 Å². The lowest BCUT2D eigenvalue weighted by Gasteiger charge is -2.43. The minimum atomic E-state index is -0.0956. The third kappa shape index (κ3) is 1.65. The first-order valence-electron chi connectivity index (χ1n) is 6.34. The molecule has 0 heterocycles. The van der Waals surface area contributed by atoms with E-state index in [1.165, 1.54) is 17.5 Å². The Hall–Kier alpha value is -1.35. The number of nitrogens with two attached hydrogens (primary N) is 1. The molecule has 0 saturated heterocycles. The maximum absolute atomic E-state index is 12.2. The summed E-state index contributed by atoms with van der Waals surface area (Å²) in [6.07, 6.45) is 4.12. The number of fused-ring (bicyclic) bond motifs is 1. The number of hydrogen-bond donors (Lipinski definition) is 2.